The minimum Gasteiger partial charge on any atom is -0.369 e. The number of halogens is 1. The molecule has 2 heterocycles. The van der Waals surface area contributed by atoms with Crippen LogP contribution in [-0.4, -0.2) is 29.6 Å². The fourth-order valence-electron chi connectivity index (χ4n) is 1.95. The molecule has 2 N–H and O–H groups in total. The minimum absolute atomic E-state index is 0.388. The summed E-state index contributed by atoms with van der Waals surface area (Å²) in [5.74, 6) is 0.954. The molecule has 1 fully saturated rings. The predicted octanol–water partition coefficient (Wildman–Crippen LogP) is 1.88. The van der Waals surface area contributed by atoms with Gasteiger partial charge in [-0.2, -0.15) is 0 Å². The highest BCUT2D eigenvalue weighted by Gasteiger charge is 2.26. The van der Waals surface area contributed by atoms with Crippen LogP contribution >= 0.6 is 22.6 Å². The summed E-state index contributed by atoms with van der Waals surface area (Å²) in [6.07, 6.45) is 5.87. The number of hydrogen-bond acceptors (Lipinski definition) is 4. The van der Waals surface area contributed by atoms with Gasteiger partial charge in [-0.15, -0.1) is 0 Å². The molecule has 0 bridgehead atoms. The van der Waals surface area contributed by atoms with Gasteiger partial charge in [-0.3, -0.25) is 0 Å². The molecule has 0 spiro atoms. The monoisotopic (exact) mass is 332 g/mol. The summed E-state index contributed by atoms with van der Waals surface area (Å²) in [4.78, 5) is 8.24. The van der Waals surface area contributed by atoms with Crippen molar-refractivity contribution in [1.82, 2.24) is 15.3 Å². The maximum atomic E-state index is 4.25. The van der Waals surface area contributed by atoms with Crippen LogP contribution < -0.4 is 10.6 Å². The highest BCUT2D eigenvalue weighted by molar-refractivity contribution is 14.1. The lowest BCUT2D eigenvalue weighted by atomic mass is 9.81. The number of rotatable bonds is 3. The Morgan fingerprint density at radius 1 is 1.50 bits per heavy atom. The van der Waals surface area contributed by atoms with Crippen molar-refractivity contribution in [3.63, 3.8) is 0 Å². The lowest BCUT2D eigenvalue weighted by Gasteiger charge is -2.34. The molecule has 1 aliphatic heterocycles. The topological polar surface area (TPSA) is 49.8 Å². The summed E-state index contributed by atoms with van der Waals surface area (Å²) < 4.78 is 1.08. The van der Waals surface area contributed by atoms with E-state index in [9.17, 15) is 0 Å². The number of nitrogens with zero attached hydrogens (tertiary/aromatic N) is 2. The van der Waals surface area contributed by atoms with Crippen molar-refractivity contribution in [1.29, 1.82) is 0 Å². The van der Waals surface area contributed by atoms with E-state index in [1.807, 2.05) is 6.20 Å². The summed E-state index contributed by atoms with van der Waals surface area (Å²) in [7, 11) is 0. The first kappa shape index (κ1) is 12.0. The fraction of sp³-hybridized carbons (Fsp3) is 0.636. The summed E-state index contributed by atoms with van der Waals surface area (Å²) in [5, 5.41) is 6.83. The van der Waals surface area contributed by atoms with Crippen molar-refractivity contribution in [3.05, 3.63) is 16.1 Å². The normalized spacial score (nSPS) is 19.4. The minimum atomic E-state index is 0.388. The molecule has 4 nitrogen and oxygen atoms in total. The van der Waals surface area contributed by atoms with Crippen LogP contribution in [0, 0.1) is 8.99 Å². The summed E-state index contributed by atoms with van der Waals surface area (Å²) >= 11 is 2.26. The van der Waals surface area contributed by atoms with Gasteiger partial charge in [0.15, 0.2) is 0 Å². The van der Waals surface area contributed by atoms with Gasteiger partial charge < -0.3 is 10.6 Å². The Balaban J connectivity index is 1.94. The third-order valence-corrected chi connectivity index (χ3v) is 3.95. The van der Waals surface area contributed by atoms with Gasteiger partial charge in [-0.25, -0.2) is 9.97 Å². The molecular formula is C11H17IN4. The maximum Gasteiger partial charge on any atom is 0.142 e. The molecule has 1 aromatic heterocycles. The Bertz CT molecular complexity index is 350. The van der Waals surface area contributed by atoms with E-state index in [-0.39, 0.29) is 0 Å². The van der Waals surface area contributed by atoms with E-state index in [1.54, 1.807) is 6.33 Å². The van der Waals surface area contributed by atoms with Crippen LogP contribution in [-0.2, 0) is 0 Å². The zero-order valence-electron chi connectivity index (χ0n) is 9.46. The van der Waals surface area contributed by atoms with Gasteiger partial charge in [0, 0.05) is 12.7 Å². The number of aromatic nitrogens is 2. The van der Waals surface area contributed by atoms with Crippen molar-refractivity contribution in [2.45, 2.75) is 19.8 Å². The van der Waals surface area contributed by atoms with E-state index in [0.29, 0.717) is 5.41 Å². The molecule has 1 aromatic rings. The van der Waals surface area contributed by atoms with Crippen molar-refractivity contribution >= 4 is 28.4 Å². The smallest absolute Gasteiger partial charge is 0.142 e. The molecule has 0 atom stereocenters. The number of nitrogens with one attached hydrogen (secondary N) is 2. The van der Waals surface area contributed by atoms with Crippen LogP contribution in [0.25, 0.3) is 0 Å². The van der Waals surface area contributed by atoms with E-state index in [2.05, 4.69) is 50.1 Å². The third-order valence-electron chi connectivity index (χ3n) is 3.16. The first-order valence-electron chi connectivity index (χ1n) is 5.60. The molecule has 0 unspecified atom stereocenters. The van der Waals surface area contributed by atoms with Crippen LogP contribution in [0.15, 0.2) is 12.5 Å². The van der Waals surface area contributed by atoms with Crippen molar-refractivity contribution < 1.29 is 0 Å². The van der Waals surface area contributed by atoms with Crippen LogP contribution in [0.1, 0.15) is 19.8 Å². The van der Waals surface area contributed by atoms with Gasteiger partial charge in [-0.05, 0) is 53.9 Å². The highest BCUT2D eigenvalue weighted by Crippen LogP contribution is 2.28. The van der Waals surface area contributed by atoms with Gasteiger partial charge in [0.2, 0.25) is 0 Å². The first-order chi connectivity index (χ1) is 7.70. The zero-order valence-corrected chi connectivity index (χ0v) is 11.6. The highest BCUT2D eigenvalue weighted by atomic mass is 127. The van der Waals surface area contributed by atoms with E-state index in [1.165, 1.54) is 12.8 Å². The molecule has 1 saturated heterocycles. The number of piperidine rings is 1. The summed E-state index contributed by atoms with van der Waals surface area (Å²) in [6.45, 7) is 5.58. The van der Waals surface area contributed by atoms with E-state index >= 15 is 0 Å². The van der Waals surface area contributed by atoms with E-state index < -0.39 is 0 Å². The number of hydrogen-bond donors (Lipinski definition) is 2. The largest absolute Gasteiger partial charge is 0.369 e. The van der Waals surface area contributed by atoms with Crippen LogP contribution in [0.3, 0.4) is 0 Å². The van der Waals surface area contributed by atoms with E-state index in [0.717, 1.165) is 29.0 Å². The van der Waals surface area contributed by atoms with Crippen LogP contribution in [0.2, 0.25) is 0 Å². The summed E-state index contributed by atoms with van der Waals surface area (Å²) in [6, 6.07) is 0. The van der Waals surface area contributed by atoms with Gasteiger partial charge in [-0.1, -0.05) is 6.92 Å². The SMILES string of the molecule is CC1(CNc2ncncc2I)CCNCC1. The standard InChI is InChI=1S/C11H17IN4/c1-11(2-4-13-5-3-11)7-15-10-9(12)6-14-8-16-10/h6,8,13H,2-5,7H2,1H3,(H,14,15,16). The second-order valence-electron chi connectivity index (χ2n) is 4.63. The molecule has 0 aromatic carbocycles. The molecule has 0 aliphatic carbocycles. The molecule has 0 radical (unpaired) electrons. The maximum absolute atomic E-state index is 4.25. The second-order valence-corrected chi connectivity index (χ2v) is 5.80. The van der Waals surface area contributed by atoms with Gasteiger partial charge >= 0.3 is 0 Å². The first-order valence-corrected chi connectivity index (χ1v) is 6.68. The molecule has 2 rings (SSSR count). The molecule has 0 amide bonds. The quantitative estimate of drug-likeness (QED) is 0.830. The van der Waals surface area contributed by atoms with Gasteiger partial charge in [0.05, 0.1) is 3.57 Å². The number of anilines is 1. The Labute approximate surface area is 110 Å². The lowest BCUT2D eigenvalue weighted by Crippen LogP contribution is -2.39. The molecule has 0 saturated carbocycles. The molecule has 88 valence electrons. The Hall–Kier alpha value is -0.430. The van der Waals surface area contributed by atoms with E-state index in [4.69, 9.17) is 0 Å². The molecule has 1 aliphatic rings. The average Bonchev–Trinajstić information content (AvgIpc) is 2.29. The van der Waals surface area contributed by atoms with Crippen molar-refractivity contribution in [2.75, 3.05) is 25.0 Å². The van der Waals surface area contributed by atoms with Crippen molar-refractivity contribution in [3.8, 4) is 0 Å². The summed E-state index contributed by atoms with van der Waals surface area (Å²) in [5.41, 5.74) is 0.388. The fourth-order valence-corrected chi connectivity index (χ4v) is 2.44. The van der Waals surface area contributed by atoms with Gasteiger partial charge in [0.1, 0.15) is 12.1 Å². The third kappa shape index (κ3) is 3.04. The van der Waals surface area contributed by atoms with Crippen molar-refractivity contribution in [2.24, 2.45) is 5.41 Å². The zero-order chi connectivity index (χ0) is 11.4. The lowest BCUT2D eigenvalue weighted by molar-refractivity contribution is 0.247. The Morgan fingerprint density at radius 2 is 2.25 bits per heavy atom. The van der Waals surface area contributed by atoms with Crippen LogP contribution in [0.4, 0.5) is 5.82 Å². The van der Waals surface area contributed by atoms with Gasteiger partial charge in [0.25, 0.3) is 0 Å². The predicted molar refractivity (Wildman–Crippen MR) is 73.4 cm³/mol. The Kier molecular flexibility index (Phi) is 3.96. The average molecular weight is 332 g/mol. The van der Waals surface area contributed by atoms with Crippen LogP contribution in [0.5, 0.6) is 0 Å². The molecular weight excluding hydrogens is 315 g/mol. The second kappa shape index (κ2) is 5.27. The Morgan fingerprint density at radius 3 is 2.94 bits per heavy atom. The molecule has 16 heavy (non-hydrogen) atoms. The molecule has 5 heteroatoms.